The Morgan fingerprint density at radius 3 is 2.63 bits per heavy atom. The summed E-state index contributed by atoms with van der Waals surface area (Å²) in [6.45, 7) is 1.33. The second-order valence-electron chi connectivity index (χ2n) is 6.37. The van der Waals surface area contributed by atoms with E-state index in [1.54, 1.807) is 24.3 Å². The molecule has 1 amide bonds. The van der Waals surface area contributed by atoms with Crippen molar-refractivity contribution in [1.29, 1.82) is 0 Å². The molecule has 0 aliphatic carbocycles. The molecule has 2 aromatic carbocycles. The van der Waals surface area contributed by atoms with Crippen molar-refractivity contribution in [3.63, 3.8) is 0 Å². The summed E-state index contributed by atoms with van der Waals surface area (Å²) >= 11 is 6.21. The van der Waals surface area contributed by atoms with Crippen molar-refractivity contribution in [2.24, 2.45) is 11.7 Å². The zero-order valence-corrected chi connectivity index (χ0v) is 17.1. The van der Waals surface area contributed by atoms with Crippen LogP contribution < -0.4 is 11.1 Å². The van der Waals surface area contributed by atoms with Crippen LogP contribution in [0.3, 0.4) is 0 Å². The highest BCUT2D eigenvalue weighted by atomic mass is 35.5. The SMILES string of the molecule is Cl.NCCNC(=O)C1CCCN(S(=O)(=O)c2ccc(Cl)c3ccccc23)C1. The fourth-order valence-corrected chi connectivity index (χ4v) is 5.26. The molecule has 6 nitrogen and oxygen atoms in total. The lowest BCUT2D eigenvalue weighted by Crippen LogP contribution is -2.46. The summed E-state index contributed by atoms with van der Waals surface area (Å²) in [6.07, 6.45) is 1.31. The first-order valence-electron chi connectivity index (χ1n) is 8.60. The molecule has 9 heteroatoms. The zero-order valence-electron chi connectivity index (χ0n) is 14.7. The highest BCUT2D eigenvalue weighted by Crippen LogP contribution is 2.32. The molecule has 1 heterocycles. The van der Waals surface area contributed by atoms with E-state index in [1.807, 2.05) is 6.07 Å². The van der Waals surface area contributed by atoms with Gasteiger partial charge in [0, 0.05) is 42.0 Å². The molecule has 1 aliphatic heterocycles. The molecule has 1 saturated heterocycles. The minimum atomic E-state index is -3.72. The topological polar surface area (TPSA) is 92.5 Å². The predicted molar refractivity (Wildman–Crippen MR) is 110 cm³/mol. The van der Waals surface area contributed by atoms with Gasteiger partial charge in [0.05, 0.1) is 10.8 Å². The lowest BCUT2D eigenvalue weighted by atomic mass is 9.99. The van der Waals surface area contributed by atoms with Gasteiger partial charge in [0.25, 0.3) is 0 Å². The van der Waals surface area contributed by atoms with E-state index in [4.69, 9.17) is 17.3 Å². The highest BCUT2D eigenvalue weighted by molar-refractivity contribution is 7.89. The van der Waals surface area contributed by atoms with Crippen LogP contribution in [0.25, 0.3) is 10.8 Å². The summed E-state index contributed by atoms with van der Waals surface area (Å²) in [6, 6.07) is 10.3. The molecule has 148 valence electrons. The fourth-order valence-electron chi connectivity index (χ4n) is 3.31. The Morgan fingerprint density at radius 1 is 1.22 bits per heavy atom. The van der Waals surface area contributed by atoms with E-state index >= 15 is 0 Å². The molecule has 3 rings (SSSR count). The first-order valence-corrected chi connectivity index (χ1v) is 10.4. The van der Waals surface area contributed by atoms with Crippen LogP contribution in [0.1, 0.15) is 12.8 Å². The number of fused-ring (bicyclic) bond motifs is 1. The number of amides is 1. The largest absolute Gasteiger partial charge is 0.355 e. The number of benzene rings is 2. The van der Waals surface area contributed by atoms with Crippen molar-refractivity contribution in [2.75, 3.05) is 26.2 Å². The van der Waals surface area contributed by atoms with Crippen LogP contribution >= 0.6 is 24.0 Å². The Labute approximate surface area is 170 Å². The molecule has 1 fully saturated rings. The maximum absolute atomic E-state index is 13.2. The smallest absolute Gasteiger partial charge is 0.243 e. The van der Waals surface area contributed by atoms with Crippen molar-refractivity contribution in [3.8, 4) is 0 Å². The minimum absolute atomic E-state index is 0. The van der Waals surface area contributed by atoms with Gasteiger partial charge in [0.1, 0.15) is 0 Å². The first-order chi connectivity index (χ1) is 12.4. The third kappa shape index (κ3) is 4.55. The summed E-state index contributed by atoms with van der Waals surface area (Å²) in [5.74, 6) is -0.500. The number of hydrogen-bond acceptors (Lipinski definition) is 4. The second kappa shape index (κ2) is 9.21. The van der Waals surface area contributed by atoms with Gasteiger partial charge in [-0.15, -0.1) is 12.4 Å². The van der Waals surface area contributed by atoms with Crippen molar-refractivity contribution >= 4 is 50.7 Å². The average molecular weight is 432 g/mol. The van der Waals surface area contributed by atoms with Crippen LogP contribution in [0.2, 0.25) is 5.02 Å². The van der Waals surface area contributed by atoms with Crippen LogP contribution in [-0.2, 0) is 14.8 Å². The lowest BCUT2D eigenvalue weighted by Gasteiger charge is -2.31. The van der Waals surface area contributed by atoms with E-state index in [9.17, 15) is 13.2 Å². The highest BCUT2D eigenvalue weighted by Gasteiger charge is 2.34. The number of hydrogen-bond donors (Lipinski definition) is 2. The van der Waals surface area contributed by atoms with E-state index in [2.05, 4.69) is 5.32 Å². The number of halogens is 2. The number of carbonyl (C=O) groups excluding carboxylic acids is 1. The van der Waals surface area contributed by atoms with E-state index in [0.717, 1.165) is 0 Å². The molecule has 27 heavy (non-hydrogen) atoms. The minimum Gasteiger partial charge on any atom is -0.355 e. The molecule has 0 aromatic heterocycles. The quantitative estimate of drug-likeness (QED) is 0.759. The molecule has 1 atom stereocenters. The van der Waals surface area contributed by atoms with E-state index in [-0.39, 0.29) is 35.7 Å². The standard InChI is InChI=1S/C18H22ClN3O3S.ClH/c19-16-7-8-17(15-6-2-1-5-14(15)16)26(24,25)22-11-3-4-13(12-22)18(23)21-10-9-20;/h1-2,5-8,13H,3-4,9-12,20H2,(H,21,23);1H. The molecule has 0 spiro atoms. The summed E-state index contributed by atoms with van der Waals surface area (Å²) in [7, 11) is -3.72. The normalized spacial score (nSPS) is 18.1. The summed E-state index contributed by atoms with van der Waals surface area (Å²) in [5, 5.41) is 4.55. The van der Waals surface area contributed by atoms with Gasteiger partial charge >= 0.3 is 0 Å². The van der Waals surface area contributed by atoms with Crippen LogP contribution in [-0.4, -0.2) is 44.8 Å². The Kier molecular flexibility index (Phi) is 7.47. The van der Waals surface area contributed by atoms with Gasteiger partial charge in [0.15, 0.2) is 0 Å². The van der Waals surface area contributed by atoms with Crippen LogP contribution in [0.4, 0.5) is 0 Å². The van der Waals surface area contributed by atoms with Crippen LogP contribution in [0, 0.1) is 5.92 Å². The number of nitrogens with zero attached hydrogens (tertiary/aromatic N) is 1. The third-order valence-electron chi connectivity index (χ3n) is 4.65. The molecular formula is C18H23Cl2N3O3S. The van der Waals surface area contributed by atoms with Gasteiger partial charge in [-0.05, 0) is 25.0 Å². The number of piperidine rings is 1. The number of sulfonamides is 1. The van der Waals surface area contributed by atoms with E-state index in [0.29, 0.717) is 48.3 Å². The second-order valence-corrected chi connectivity index (χ2v) is 8.69. The molecule has 3 N–H and O–H groups in total. The van der Waals surface area contributed by atoms with Gasteiger partial charge < -0.3 is 11.1 Å². The van der Waals surface area contributed by atoms with Gasteiger partial charge in [-0.1, -0.05) is 35.9 Å². The molecule has 0 bridgehead atoms. The van der Waals surface area contributed by atoms with E-state index < -0.39 is 10.0 Å². The number of rotatable bonds is 5. The predicted octanol–water partition coefficient (Wildman–Crippen LogP) is 2.39. The average Bonchev–Trinajstić information content (AvgIpc) is 2.66. The molecule has 0 radical (unpaired) electrons. The number of nitrogens with two attached hydrogens (primary N) is 1. The fraction of sp³-hybridized carbons (Fsp3) is 0.389. The van der Waals surface area contributed by atoms with Gasteiger partial charge in [-0.3, -0.25) is 4.79 Å². The molecule has 1 unspecified atom stereocenters. The van der Waals surface area contributed by atoms with Gasteiger partial charge in [0.2, 0.25) is 15.9 Å². The number of nitrogens with one attached hydrogen (secondary N) is 1. The Hall–Kier alpha value is -1.38. The lowest BCUT2D eigenvalue weighted by molar-refractivity contribution is -0.126. The van der Waals surface area contributed by atoms with Crippen LogP contribution in [0.15, 0.2) is 41.3 Å². The Balaban J connectivity index is 0.00000261. The maximum atomic E-state index is 13.2. The first kappa shape index (κ1) is 21.9. The summed E-state index contributed by atoms with van der Waals surface area (Å²) < 4.78 is 27.9. The van der Waals surface area contributed by atoms with Crippen molar-refractivity contribution < 1.29 is 13.2 Å². The molecule has 2 aromatic rings. The Bertz CT molecular complexity index is 921. The maximum Gasteiger partial charge on any atom is 0.243 e. The van der Waals surface area contributed by atoms with Crippen LogP contribution in [0.5, 0.6) is 0 Å². The summed E-state index contributed by atoms with van der Waals surface area (Å²) in [4.78, 5) is 12.4. The van der Waals surface area contributed by atoms with Gasteiger partial charge in [-0.2, -0.15) is 4.31 Å². The molecule has 1 aliphatic rings. The zero-order chi connectivity index (χ0) is 18.7. The monoisotopic (exact) mass is 431 g/mol. The number of carbonyl (C=O) groups is 1. The molecule has 0 saturated carbocycles. The van der Waals surface area contributed by atoms with Crippen molar-refractivity contribution in [3.05, 3.63) is 41.4 Å². The van der Waals surface area contributed by atoms with Crippen molar-refractivity contribution in [1.82, 2.24) is 9.62 Å². The van der Waals surface area contributed by atoms with E-state index in [1.165, 1.54) is 10.4 Å². The summed E-state index contributed by atoms with van der Waals surface area (Å²) in [5.41, 5.74) is 5.41. The third-order valence-corrected chi connectivity index (χ3v) is 6.90. The van der Waals surface area contributed by atoms with Crippen molar-refractivity contribution in [2.45, 2.75) is 17.7 Å². The van der Waals surface area contributed by atoms with Gasteiger partial charge in [-0.25, -0.2) is 8.42 Å². The Morgan fingerprint density at radius 2 is 1.93 bits per heavy atom. The molecular weight excluding hydrogens is 409 g/mol.